The molecule has 3 nitrogen and oxygen atoms in total. The molecule has 0 aromatic carbocycles. The van der Waals surface area contributed by atoms with E-state index in [0.29, 0.717) is 0 Å². The molecule has 1 aromatic heterocycles. The minimum atomic E-state index is -0.222. The maximum Gasteiger partial charge on any atom is 0.182 e. The molecule has 0 spiro atoms. The van der Waals surface area contributed by atoms with E-state index < -0.39 is 0 Å². The smallest absolute Gasteiger partial charge is 0.182 e. The van der Waals surface area contributed by atoms with Gasteiger partial charge in [0.05, 0.1) is 6.07 Å². The Morgan fingerprint density at radius 1 is 1.38 bits per heavy atom. The molecule has 0 bridgehead atoms. The summed E-state index contributed by atoms with van der Waals surface area (Å²) in [6.45, 7) is 5.48. The summed E-state index contributed by atoms with van der Waals surface area (Å²) in [5.74, 6) is 0. The number of nitrogens with zero attached hydrogens (tertiary/aromatic N) is 2. The Bertz CT molecular complexity index is 386. The molecule has 1 heterocycles. The SMILES string of the molecule is Cc1cc(=O)cc(C)n1C(C)C#N. The highest BCUT2D eigenvalue weighted by Crippen LogP contribution is 2.10. The van der Waals surface area contributed by atoms with Crippen LogP contribution in [0.1, 0.15) is 24.4 Å². The zero-order valence-corrected chi connectivity index (χ0v) is 8.03. The van der Waals surface area contributed by atoms with E-state index in [9.17, 15) is 4.79 Å². The third kappa shape index (κ3) is 1.78. The quantitative estimate of drug-likeness (QED) is 0.651. The molecule has 0 amide bonds. The van der Waals surface area contributed by atoms with Gasteiger partial charge in [-0.25, -0.2) is 0 Å². The largest absolute Gasteiger partial charge is 0.333 e. The van der Waals surface area contributed by atoms with E-state index in [1.165, 1.54) is 0 Å². The molecule has 0 saturated carbocycles. The van der Waals surface area contributed by atoms with Crippen molar-refractivity contribution < 1.29 is 0 Å². The molecule has 13 heavy (non-hydrogen) atoms. The number of rotatable bonds is 1. The molecule has 0 N–H and O–H groups in total. The van der Waals surface area contributed by atoms with Gasteiger partial charge in [-0.2, -0.15) is 5.26 Å². The summed E-state index contributed by atoms with van der Waals surface area (Å²) in [5, 5.41) is 8.76. The van der Waals surface area contributed by atoms with Crippen LogP contribution in [0.15, 0.2) is 16.9 Å². The van der Waals surface area contributed by atoms with Crippen molar-refractivity contribution in [2.24, 2.45) is 0 Å². The lowest BCUT2D eigenvalue weighted by Crippen LogP contribution is -2.15. The molecule has 0 saturated heterocycles. The average molecular weight is 176 g/mol. The maximum atomic E-state index is 11.1. The molecule has 0 fully saturated rings. The van der Waals surface area contributed by atoms with Crippen LogP contribution in [0.4, 0.5) is 0 Å². The van der Waals surface area contributed by atoms with Crippen molar-refractivity contribution >= 4 is 0 Å². The summed E-state index contributed by atoms with van der Waals surface area (Å²) in [6, 6.07) is 5.01. The fourth-order valence-electron chi connectivity index (χ4n) is 1.54. The minimum absolute atomic E-state index is 0.00334. The summed E-state index contributed by atoms with van der Waals surface area (Å²) in [5.41, 5.74) is 1.66. The van der Waals surface area contributed by atoms with Gasteiger partial charge >= 0.3 is 0 Å². The molecule has 0 aliphatic heterocycles. The number of aromatic nitrogens is 1. The van der Waals surface area contributed by atoms with Crippen molar-refractivity contribution in [1.82, 2.24) is 4.57 Å². The Morgan fingerprint density at radius 3 is 2.23 bits per heavy atom. The van der Waals surface area contributed by atoms with Crippen molar-refractivity contribution in [2.45, 2.75) is 26.8 Å². The molecule has 0 aliphatic rings. The molecule has 0 radical (unpaired) electrons. The molecular formula is C10H12N2O. The molecule has 1 aromatic rings. The van der Waals surface area contributed by atoms with E-state index >= 15 is 0 Å². The molecular weight excluding hydrogens is 164 g/mol. The van der Waals surface area contributed by atoms with E-state index in [0.717, 1.165) is 11.4 Å². The lowest BCUT2D eigenvalue weighted by Gasteiger charge is -2.15. The third-order valence-corrected chi connectivity index (χ3v) is 2.04. The lowest BCUT2D eigenvalue weighted by atomic mass is 10.2. The van der Waals surface area contributed by atoms with Crippen LogP contribution in [0.25, 0.3) is 0 Å². The van der Waals surface area contributed by atoms with Crippen LogP contribution in [0, 0.1) is 25.2 Å². The van der Waals surface area contributed by atoms with Gasteiger partial charge in [0, 0.05) is 23.5 Å². The predicted octanol–water partition coefficient (Wildman–Crippen LogP) is 1.55. The minimum Gasteiger partial charge on any atom is -0.333 e. The van der Waals surface area contributed by atoms with E-state index in [1.54, 1.807) is 12.1 Å². The fraction of sp³-hybridized carbons (Fsp3) is 0.400. The van der Waals surface area contributed by atoms with Crippen molar-refractivity contribution in [3.63, 3.8) is 0 Å². The van der Waals surface area contributed by atoms with Crippen molar-refractivity contribution in [2.75, 3.05) is 0 Å². The Morgan fingerprint density at radius 2 is 1.85 bits per heavy atom. The number of nitriles is 1. The Balaban J connectivity index is 3.39. The predicted molar refractivity (Wildman–Crippen MR) is 50.5 cm³/mol. The molecule has 1 unspecified atom stereocenters. The number of hydrogen-bond donors (Lipinski definition) is 0. The lowest BCUT2D eigenvalue weighted by molar-refractivity contribution is 0.626. The van der Waals surface area contributed by atoms with Crippen LogP contribution in [-0.2, 0) is 0 Å². The van der Waals surface area contributed by atoms with Gasteiger partial charge < -0.3 is 4.57 Å². The van der Waals surface area contributed by atoms with Crippen LogP contribution in [0.2, 0.25) is 0 Å². The topological polar surface area (TPSA) is 45.8 Å². The Labute approximate surface area is 77.2 Å². The highest BCUT2D eigenvalue weighted by Gasteiger charge is 2.07. The van der Waals surface area contributed by atoms with Gasteiger partial charge in [-0.05, 0) is 20.8 Å². The Kier molecular flexibility index (Phi) is 2.52. The second-order valence-corrected chi connectivity index (χ2v) is 3.15. The van der Waals surface area contributed by atoms with Gasteiger partial charge in [-0.3, -0.25) is 4.79 Å². The summed E-state index contributed by atoms with van der Waals surface area (Å²) in [4.78, 5) is 11.1. The van der Waals surface area contributed by atoms with Crippen LogP contribution >= 0.6 is 0 Å². The monoisotopic (exact) mass is 176 g/mol. The van der Waals surface area contributed by atoms with Gasteiger partial charge in [0.25, 0.3) is 0 Å². The third-order valence-electron chi connectivity index (χ3n) is 2.04. The molecule has 1 rings (SSSR count). The molecule has 0 aliphatic carbocycles. The highest BCUT2D eigenvalue weighted by molar-refractivity contribution is 5.15. The second-order valence-electron chi connectivity index (χ2n) is 3.15. The van der Waals surface area contributed by atoms with Crippen LogP contribution in [0.5, 0.6) is 0 Å². The fourth-order valence-corrected chi connectivity index (χ4v) is 1.54. The molecule has 1 atom stereocenters. The first kappa shape index (κ1) is 9.53. The number of pyridine rings is 1. The first-order chi connectivity index (χ1) is 6.06. The first-order valence-corrected chi connectivity index (χ1v) is 4.15. The standard InChI is InChI=1S/C10H12N2O/c1-7-4-10(13)5-8(2)12(7)9(3)6-11/h4-5,9H,1-3H3. The number of hydrogen-bond acceptors (Lipinski definition) is 2. The van der Waals surface area contributed by atoms with E-state index in [1.807, 2.05) is 25.3 Å². The van der Waals surface area contributed by atoms with E-state index in [2.05, 4.69) is 6.07 Å². The van der Waals surface area contributed by atoms with E-state index in [4.69, 9.17) is 5.26 Å². The summed E-state index contributed by atoms with van der Waals surface area (Å²) in [6.07, 6.45) is 0. The first-order valence-electron chi connectivity index (χ1n) is 4.15. The summed E-state index contributed by atoms with van der Waals surface area (Å²) < 4.78 is 1.85. The number of aryl methyl sites for hydroxylation is 2. The average Bonchev–Trinajstić information content (AvgIpc) is 2.02. The van der Waals surface area contributed by atoms with Crippen molar-refractivity contribution in [1.29, 1.82) is 5.26 Å². The normalized spacial score (nSPS) is 12.2. The summed E-state index contributed by atoms with van der Waals surface area (Å²) in [7, 11) is 0. The van der Waals surface area contributed by atoms with Crippen LogP contribution in [0.3, 0.4) is 0 Å². The van der Waals surface area contributed by atoms with Gasteiger partial charge in [0.2, 0.25) is 0 Å². The Hall–Kier alpha value is -1.56. The zero-order chi connectivity index (χ0) is 10.0. The van der Waals surface area contributed by atoms with Crippen LogP contribution < -0.4 is 5.43 Å². The van der Waals surface area contributed by atoms with Crippen molar-refractivity contribution in [3.8, 4) is 6.07 Å². The van der Waals surface area contributed by atoms with Gasteiger partial charge in [0.1, 0.15) is 6.04 Å². The maximum absolute atomic E-state index is 11.1. The van der Waals surface area contributed by atoms with Gasteiger partial charge in [0.15, 0.2) is 5.43 Å². The highest BCUT2D eigenvalue weighted by atomic mass is 16.1. The molecule has 3 heteroatoms. The van der Waals surface area contributed by atoms with Gasteiger partial charge in [-0.15, -0.1) is 0 Å². The van der Waals surface area contributed by atoms with Gasteiger partial charge in [-0.1, -0.05) is 0 Å². The summed E-state index contributed by atoms with van der Waals surface area (Å²) >= 11 is 0. The zero-order valence-electron chi connectivity index (χ0n) is 8.03. The van der Waals surface area contributed by atoms with E-state index in [-0.39, 0.29) is 11.5 Å². The molecule has 68 valence electrons. The van der Waals surface area contributed by atoms with Crippen LogP contribution in [-0.4, -0.2) is 4.57 Å². The second kappa shape index (κ2) is 3.44. The van der Waals surface area contributed by atoms with Crippen molar-refractivity contribution in [3.05, 3.63) is 33.7 Å².